The first-order valence-corrected chi connectivity index (χ1v) is 5.90. The minimum atomic E-state index is -1.18. The molecule has 1 amide bonds. The van der Waals surface area contributed by atoms with Crippen molar-refractivity contribution in [1.29, 1.82) is 0 Å². The van der Waals surface area contributed by atoms with Gasteiger partial charge in [-0.2, -0.15) is 0 Å². The van der Waals surface area contributed by atoms with Crippen LogP contribution >= 0.6 is 23.1 Å². The number of carboxylic acid groups (broad SMARTS) is 1. The van der Waals surface area contributed by atoms with Gasteiger partial charge in [0.05, 0.1) is 11.3 Å². The third-order valence-electron chi connectivity index (χ3n) is 2.05. The van der Waals surface area contributed by atoms with E-state index in [0.29, 0.717) is 0 Å². The van der Waals surface area contributed by atoms with E-state index in [4.69, 9.17) is 16.7 Å². The summed E-state index contributed by atoms with van der Waals surface area (Å²) < 4.78 is 3.55. The Morgan fingerprint density at radius 3 is 2.78 bits per heavy atom. The van der Waals surface area contributed by atoms with Gasteiger partial charge < -0.3 is 10.4 Å². The second kappa shape index (κ2) is 5.11. The van der Waals surface area contributed by atoms with E-state index in [1.165, 1.54) is 23.6 Å². The molecule has 2 rings (SSSR count). The Hall–Kier alpha value is -1.99. The van der Waals surface area contributed by atoms with Crippen molar-refractivity contribution in [2.75, 3.05) is 5.32 Å². The summed E-state index contributed by atoms with van der Waals surface area (Å²) in [6, 6.07) is 4.17. The standard InChI is InChI=1S/C10H6ClN3O3S/c11-5-1-2-7(6(3-5)10(16)17)12-9(15)8-4-18-14-13-8/h1-4H,(H,12,15)(H,16,17). The fourth-order valence-electron chi connectivity index (χ4n) is 1.25. The van der Waals surface area contributed by atoms with Gasteiger partial charge in [-0.3, -0.25) is 4.79 Å². The van der Waals surface area contributed by atoms with Crippen LogP contribution in [0.15, 0.2) is 23.6 Å². The normalized spacial score (nSPS) is 10.1. The van der Waals surface area contributed by atoms with Gasteiger partial charge in [0.2, 0.25) is 0 Å². The molecule has 0 fully saturated rings. The molecule has 0 unspecified atom stereocenters. The largest absolute Gasteiger partial charge is 0.478 e. The van der Waals surface area contributed by atoms with Gasteiger partial charge in [-0.25, -0.2) is 4.79 Å². The van der Waals surface area contributed by atoms with Gasteiger partial charge in [0.25, 0.3) is 5.91 Å². The Bertz CT molecular complexity index is 600. The van der Waals surface area contributed by atoms with Gasteiger partial charge in [0, 0.05) is 10.4 Å². The zero-order chi connectivity index (χ0) is 13.1. The van der Waals surface area contributed by atoms with Crippen molar-refractivity contribution in [2.24, 2.45) is 0 Å². The summed E-state index contributed by atoms with van der Waals surface area (Å²) in [4.78, 5) is 22.7. The van der Waals surface area contributed by atoms with E-state index in [1.54, 1.807) is 0 Å². The zero-order valence-corrected chi connectivity index (χ0v) is 10.3. The molecule has 0 saturated carbocycles. The molecule has 18 heavy (non-hydrogen) atoms. The second-order valence-corrected chi connectivity index (χ2v) is 4.29. The number of carboxylic acids is 1. The molecule has 0 spiro atoms. The summed E-state index contributed by atoms with van der Waals surface area (Å²) in [5, 5.41) is 16.8. The van der Waals surface area contributed by atoms with Crippen molar-refractivity contribution < 1.29 is 14.7 Å². The number of aromatic carboxylic acids is 1. The first-order valence-electron chi connectivity index (χ1n) is 4.69. The average molecular weight is 284 g/mol. The molecule has 6 nitrogen and oxygen atoms in total. The lowest BCUT2D eigenvalue weighted by Gasteiger charge is -2.07. The van der Waals surface area contributed by atoms with Crippen molar-refractivity contribution in [2.45, 2.75) is 0 Å². The van der Waals surface area contributed by atoms with Crippen LogP contribution in [0.2, 0.25) is 5.02 Å². The van der Waals surface area contributed by atoms with Crippen molar-refractivity contribution in [1.82, 2.24) is 9.59 Å². The van der Waals surface area contributed by atoms with Gasteiger partial charge in [-0.15, -0.1) is 5.10 Å². The molecule has 0 radical (unpaired) electrons. The quantitative estimate of drug-likeness (QED) is 0.900. The monoisotopic (exact) mass is 283 g/mol. The maximum Gasteiger partial charge on any atom is 0.337 e. The molecule has 1 aromatic heterocycles. The van der Waals surface area contributed by atoms with Crippen LogP contribution in [0.1, 0.15) is 20.8 Å². The first kappa shape index (κ1) is 12.5. The molecule has 8 heteroatoms. The lowest BCUT2D eigenvalue weighted by Crippen LogP contribution is -2.15. The van der Waals surface area contributed by atoms with Crippen LogP contribution in [0.3, 0.4) is 0 Å². The van der Waals surface area contributed by atoms with E-state index in [0.717, 1.165) is 11.5 Å². The van der Waals surface area contributed by atoms with Crippen molar-refractivity contribution in [3.05, 3.63) is 39.9 Å². The van der Waals surface area contributed by atoms with Gasteiger partial charge in [-0.1, -0.05) is 16.1 Å². The number of halogens is 1. The summed E-state index contributed by atoms with van der Waals surface area (Å²) in [5.74, 6) is -1.70. The van der Waals surface area contributed by atoms with Crippen LogP contribution in [0.5, 0.6) is 0 Å². The third-order valence-corrected chi connectivity index (χ3v) is 2.79. The molecule has 0 aliphatic rings. The number of amides is 1. The fourth-order valence-corrected chi connectivity index (χ4v) is 1.86. The highest BCUT2D eigenvalue weighted by atomic mass is 35.5. The number of hydrogen-bond donors (Lipinski definition) is 2. The van der Waals surface area contributed by atoms with Crippen LogP contribution < -0.4 is 5.32 Å². The summed E-state index contributed by atoms with van der Waals surface area (Å²) in [7, 11) is 0. The summed E-state index contributed by atoms with van der Waals surface area (Å²) in [6.45, 7) is 0. The minimum Gasteiger partial charge on any atom is -0.478 e. The van der Waals surface area contributed by atoms with E-state index in [9.17, 15) is 9.59 Å². The highest BCUT2D eigenvalue weighted by molar-refractivity contribution is 7.03. The first-order chi connectivity index (χ1) is 8.58. The number of aromatic nitrogens is 2. The minimum absolute atomic E-state index is 0.0842. The highest BCUT2D eigenvalue weighted by Gasteiger charge is 2.15. The van der Waals surface area contributed by atoms with Gasteiger partial charge in [-0.05, 0) is 29.7 Å². The number of nitrogens with zero attached hydrogens (tertiary/aromatic N) is 2. The molecule has 1 aromatic carbocycles. The third kappa shape index (κ3) is 2.63. The van der Waals surface area contributed by atoms with E-state index >= 15 is 0 Å². The molecular formula is C10H6ClN3O3S. The SMILES string of the molecule is O=C(Nc1ccc(Cl)cc1C(=O)O)c1csnn1. The lowest BCUT2D eigenvalue weighted by molar-refractivity contribution is 0.0698. The summed E-state index contributed by atoms with van der Waals surface area (Å²) in [6.07, 6.45) is 0. The average Bonchev–Trinajstić information content (AvgIpc) is 2.84. The number of nitrogens with one attached hydrogen (secondary N) is 1. The van der Waals surface area contributed by atoms with E-state index in [-0.39, 0.29) is 22.0 Å². The molecule has 0 aliphatic carbocycles. The van der Waals surface area contributed by atoms with E-state index in [1.807, 2.05) is 0 Å². The maximum absolute atomic E-state index is 11.7. The second-order valence-electron chi connectivity index (χ2n) is 3.24. The molecule has 1 heterocycles. The summed E-state index contributed by atoms with van der Waals surface area (Å²) >= 11 is 6.73. The van der Waals surface area contributed by atoms with Crippen molar-refractivity contribution in [3.8, 4) is 0 Å². The number of rotatable bonds is 3. The zero-order valence-electron chi connectivity index (χ0n) is 8.75. The van der Waals surface area contributed by atoms with Crippen LogP contribution in [-0.4, -0.2) is 26.6 Å². The summed E-state index contributed by atoms with van der Waals surface area (Å²) in [5.41, 5.74) is 0.204. The number of carbonyl (C=O) groups is 2. The predicted octanol–water partition coefficient (Wildman–Crippen LogP) is 2.14. The predicted molar refractivity (Wildman–Crippen MR) is 66.3 cm³/mol. The Labute approximate surface area is 110 Å². The molecule has 0 atom stereocenters. The van der Waals surface area contributed by atoms with Gasteiger partial charge >= 0.3 is 5.97 Å². The molecule has 0 bridgehead atoms. The van der Waals surface area contributed by atoms with E-state index < -0.39 is 11.9 Å². The molecule has 2 aromatic rings. The maximum atomic E-state index is 11.7. The smallest absolute Gasteiger partial charge is 0.337 e. The topological polar surface area (TPSA) is 92.2 Å². The number of anilines is 1. The van der Waals surface area contributed by atoms with E-state index in [2.05, 4.69) is 14.9 Å². The van der Waals surface area contributed by atoms with Gasteiger partial charge in [0.1, 0.15) is 0 Å². The number of benzene rings is 1. The molecule has 0 aliphatic heterocycles. The van der Waals surface area contributed by atoms with Crippen LogP contribution in [0, 0.1) is 0 Å². The Morgan fingerprint density at radius 2 is 2.17 bits per heavy atom. The van der Waals surface area contributed by atoms with Gasteiger partial charge in [0.15, 0.2) is 5.69 Å². The fraction of sp³-hybridized carbons (Fsp3) is 0. The molecular weight excluding hydrogens is 278 g/mol. The van der Waals surface area contributed by atoms with Crippen LogP contribution in [0.4, 0.5) is 5.69 Å². The molecule has 2 N–H and O–H groups in total. The highest BCUT2D eigenvalue weighted by Crippen LogP contribution is 2.21. The van der Waals surface area contributed by atoms with Crippen molar-refractivity contribution >= 4 is 40.7 Å². The Balaban J connectivity index is 2.29. The van der Waals surface area contributed by atoms with Crippen LogP contribution in [0.25, 0.3) is 0 Å². The number of hydrogen-bond acceptors (Lipinski definition) is 5. The van der Waals surface area contributed by atoms with Crippen molar-refractivity contribution in [3.63, 3.8) is 0 Å². The molecule has 0 saturated heterocycles. The molecule has 92 valence electrons. The lowest BCUT2D eigenvalue weighted by atomic mass is 10.1. The Kier molecular flexibility index (Phi) is 3.54. The Morgan fingerprint density at radius 1 is 1.39 bits per heavy atom. The number of carbonyl (C=O) groups excluding carboxylic acids is 1. The van der Waals surface area contributed by atoms with Crippen LogP contribution in [-0.2, 0) is 0 Å².